The third kappa shape index (κ3) is 5.65. The second-order valence-electron chi connectivity index (χ2n) is 10.3. The highest BCUT2D eigenvalue weighted by Gasteiger charge is 2.39. The van der Waals surface area contributed by atoms with Gasteiger partial charge in [-0.15, -0.1) is 0 Å². The van der Waals surface area contributed by atoms with E-state index in [-0.39, 0.29) is 35.3 Å². The number of likely N-dealkylation sites (tertiary alicyclic amines) is 1. The lowest BCUT2D eigenvalue weighted by Crippen LogP contribution is -2.57. The quantitative estimate of drug-likeness (QED) is 0.437. The molecule has 0 radical (unpaired) electrons. The van der Waals surface area contributed by atoms with Crippen LogP contribution in [0.3, 0.4) is 0 Å². The van der Waals surface area contributed by atoms with Crippen molar-refractivity contribution in [3.8, 4) is 11.5 Å². The maximum Gasteiger partial charge on any atom is 0.329 e. The number of nitrogens with one attached hydrogen (secondary N) is 2. The van der Waals surface area contributed by atoms with Crippen LogP contribution in [0.5, 0.6) is 11.5 Å². The first-order valence-corrected chi connectivity index (χ1v) is 12.7. The molecule has 2 heterocycles. The monoisotopic (exact) mass is 495 g/mol. The lowest BCUT2D eigenvalue weighted by Gasteiger charge is -2.45. The van der Waals surface area contributed by atoms with Crippen molar-refractivity contribution in [2.45, 2.75) is 57.7 Å². The zero-order valence-corrected chi connectivity index (χ0v) is 21.3. The van der Waals surface area contributed by atoms with Gasteiger partial charge in [0.2, 0.25) is 5.91 Å². The molecule has 8 nitrogen and oxygen atoms in total. The molecule has 4 rings (SSSR count). The number of aromatic hydroxyl groups is 2. The summed E-state index contributed by atoms with van der Waals surface area (Å²) in [5, 5.41) is 25.8. The average molecular weight is 496 g/mol. The Bertz CT molecular complexity index is 1110. The van der Waals surface area contributed by atoms with Gasteiger partial charge in [0.1, 0.15) is 17.5 Å². The van der Waals surface area contributed by atoms with E-state index in [1.807, 2.05) is 18.2 Å². The number of hydrogen-bond donors (Lipinski definition) is 4. The molecule has 0 aromatic heterocycles. The van der Waals surface area contributed by atoms with Crippen LogP contribution in [-0.4, -0.2) is 65.3 Å². The zero-order chi connectivity index (χ0) is 25.9. The molecule has 0 spiro atoms. The molecule has 1 amide bonds. The molecular weight excluding hydrogens is 458 g/mol. The first-order chi connectivity index (χ1) is 17.2. The Hall–Kier alpha value is -3.10. The van der Waals surface area contributed by atoms with Gasteiger partial charge in [0.15, 0.2) is 0 Å². The van der Waals surface area contributed by atoms with Gasteiger partial charge in [-0.1, -0.05) is 32.0 Å². The number of benzene rings is 2. The Balaban J connectivity index is 1.41. The van der Waals surface area contributed by atoms with Crippen molar-refractivity contribution in [2.24, 2.45) is 5.92 Å². The Kier molecular flexibility index (Phi) is 7.85. The van der Waals surface area contributed by atoms with Crippen molar-refractivity contribution in [3.05, 3.63) is 59.2 Å². The Morgan fingerprint density at radius 3 is 2.69 bits per heavy atom. The fourth-order valence-electron chi connectivity index (χ4n) is 5.41. The Labute approximate surface area is 212 Å². The highest BCUT2D eigenvalue weighted by atomic mass is 16.5. The van der Waals surface area contributed by atoms with E-state index in [0.717, 1.165) is 36.2 Å². The smallest absolute Gasteiger partial charge is 0.329 e. The number of piperidine rings is 1. The average Bonchev–Trinajstić information content (AvgIpc) is 2.85. The van der Waals surface area contributed by atoms with Crippen LogP contribution in [0.25, 0.3) is 0 Å². The lowest BCUT2D eigenvalue weighted by atomic mass is 9.68. The molecule has 4 atom stereocenters. The first-order valence-electron chi connectivity index (χ1n) is 12.7. The summed E-state index contributed by atoms with van der Waals surface area (Å²) in [7, 11) is 0. The van der Waals surface area contributed by atoms with Gasteiger partial charge in [0.05, 0.1) is 12.6 Å². The molecule has 0 aliphatic carbocycles. The van der Waals surface area contributed by atoms with Crippen molar-refractivity contribution < 1.29 is 24.5 Å². The molecule has 4 N–H and O–H groups in total. The van der Waals surface area contributed by atoms with E-state index in [4.69, 9.17) is 4.74 Å². The Morgan fingerprint density at radius 2 is 1.97 bits per heavy atom. The molecule has 194 valence electrons. The van der Waals surface area contributed by atoms with Crippen LogP contribution in [0, 0.1) is 5.92 Å². The number of hydrogen-bond acceptors (Lipinski definition) is 7. The number of carbonyl (C=O) groups is 2. The first kappa shape index (κ1) is 26.0. The maximum atomic E-state index is 13.1. The van der Waals surface area contributed by atoms with Crippen LogP contribution in [0.1, 0.15) is 43.9 Å². The fourth-order valence-corrected chi connectivity index (χ4v) is 5.41. The number of nitrogens with zero attached hydrogens (tertiary/aromatic N) is 1. The molecule has 0 saturated carbocycles. The molecule has 2 aromatic rings. The summed E-state index contributed by atoms with van der Waals surface area (Å²) in [6, 6.07) is 11.4. The minimum Gasteiger partial charge on any atom is -0.508 e. The van der Waals surface area contributed by atoms with E-state index in [1.54, 1.807) is 25.1 Å². The number of phenols is 2. The Morgan fingerprint density at radius 1 is 1.19 bits per heavy atom. The highest BCUT2D eigenvalue weighted by Crippen LogP contribution is 2.40. The number of rotatable bonds is 7. The number of phenolic OH excluding ortho intramolecular Hbond substituents is 2. The normalized spacial score (nSPS) is 25.0. The van der Waals surface area contributed by atoms with Crippen molar-refractivity contribution in [1.82, 2.24) is 15.5 Å². The largest absolute Gasteiger partial charge is 0.508 e. The predicted molar refractivity (Wildman–Crippen MR) is 137 cm³/mol. The number of carbonyl (C=O) groups excluding carboxylic acids is 2. The maximum absolute atomic E-state index is 13.1. The van der Waals surface area contributed by atoms with Crippen LogP contribution >= 0.6 is 0 Å². The van der Waals surface area contributed by atoms with Gasteiger partial charge in [-0.05, 0) is 78.6 Å². The third-order valence-corrected chi connectivity index (χ3v) is 7.87. The number of fused-ring (bicyclic) bond motifs is 1. The minimum absolute atomic E-state index is 0.0915. The highest BCUT2D eigenvalue weighted by molar-refractivity contribution is 5.88. The number of ether oxygens (including phenoxy) is 1. The molecule has 2 aliphatic heterocycles. The second kappa shape index (κ2) is 10.9. The van der Waals surface area contributed by atoms with E-state index in [0.29, 0.717) is 19.5 Å². The second-order valence-corrected chi connectivity index (χ2v) is 10.3. The SMILES string of the molecule is CCOC(=O)C(CN1CC[C@@](C)(c2cccc(O)c2)[C@@H](C)C1)NC(=O)[C@H]1Cc2ccc(O)cc2CN1. The molecule has 0 bridgehead atoms. The summed E-state index contributed by atoms with van der Waals surface area (Å²) in [6.45, 7) is 8.80. The standard InChI is InChI=1S/C28H37N3O5/c1-4-36-27(35)25(30-26(34)24-13-19-8-9-23(33)12-20(19)15-29-24)17-31-11-10-28(3,18(2)16-31)21-6-5-7-22(32)14-21/h5-9,12,14,18,24-25,29,32-33H,4,10-11,13,15-17H2,1-3H3,(H,30,34)/t18-,24+,25?,28+/m0/s1. The molecule has 2 aliphatic rings. The zero-order valence-electron chi connectivity index (χ0n) is 21.3. The topological polar surface area (TPSA) is 111 Å². The summed E-state index contributed by atoms with van der Waals surface area (Å²) in [4.78, 5) is 28.2. The fraction of sp³-hybridized carbons (Fsp3) is 0.500. The predicted octanol–water partition coefficient (Wildman–Crippen LogP) is 2.46. The lowest BCUT2D eigenvalue weighted by molar-refractivity contribution is -0.148. The molecule has 2 aromatic carbocycles. The van der Waals surface area contributed by atoms with Gasteiger partial charge in [-0.25, -0.2) is 4.79 Å². The molecule has 1 fully saturated rings. The van der Waals surface area contributed by atoms with E-state index in [9.17, 15) is 19.8 Å². The summed E-state index contributed by atoms with van der Waals surface area (Å²) in [5.74, 6) is 0.0860. The summed E-state index contributed by atoms with van der Waals surface area (Å²) < 4.78 is 5.30. The molecule has 8 heteroatoms. The number of amides is 1. The van der Waals surface area contributed by atoms with Gasteiger partial charge < -0.3 is 30.5 Å². The molecular formula is C28H37N3O5. The minimum atomic E-state index is -0.766. The van der Waals surface area contributed by atoms with Crippen molar-refractivity contribution >= 4 is 11.9 Å². The van der Waals surface area contributed by atoms with Crippen LogP contribution < -0.4 is 10.6 Å². The van der Waals surface area contributed by atoms with E-state index in [1.165, 1.54) is 0 Å². The summed E-state index contributed by atoms with van der Waals surface area (Å²) in [6.07, 6.45) is 1.36. The van der Waals surface area contributed by atoms with Crippen LogP contribution in [0.15, 0.2) is 42.5 Å². The van der Waals surface area contributed by atoms with Crippen LogP contribution in [-0.2, 0) is 32.7 Å². The van der Waals surface area contributed by atoms with Gasteiger partial charge >= 0.3 is 5.97 Å². The van der Waals surface area contributed by atoms with Crippen molar-refractivity contribution in [1.29, 1.82) is 0 Å². The molecule has 36 heavy (non-hydrogen) atoms. The summed E-state index contributed by atoms with van der Waals surface area (Å²) in [5.41, 5.74) is 3.00. The van der Waals surface area contributed by atoms with Gasteiger partial charge in [0, 0.05) is 19.6 Å². The number of esters is 1. The third-order valence-electron chi connectivity index (χ3n) is 7.87. The van der Waals surface area contributed by atoms with Gasteiger partial charge in [-0.3, -0.25) is 4.79 Å². The van der Waals surface area contributed by atoms with E-state index in [2.05, 4.69) is 35.4 Å². The van der Waals surface area contributed by atoms with Gasteiger partial charge in [0.25, 0.3) is 0 Å². The summed E-state index contributed by atoms with van der Waals surface area (Å²) >= 11 is 0. The molecule has 1 saturated heterocycles. The van der Waals surface area contributed by atoms with Crippen LogP contribution in [0.2, 0.25) is 0 Å². The van der Waals surface area contributed by atoms with Gasteiger partial charge in [-0.2, -0.15) is 0 Å². The molecule has 1 unspecified atom stereocenters. The van der Waals surface area contributed by atoms with Crippen molar-refractivity contribution in [2.75, 3.05) is 26.2 Å². The van der Waals surface area contributed by atoms with E-state index < -0.39 is 18.1 Å². The van der Waals surface area contributed by atoms with Crippen LogP contribution in [0.4, 0.5) is 0 Å². The van der Waals surface area contributed by atoms with Crippen molar-refractivity contribution in [3.63, 3.8) is 0 Å². The van der Waals surface area contributed by atoms with E-state index >= 15 is 0 Å².